The van der Waals surface area contributed by atoms with Crippen LogP contribution in [0.1, 0.15) is 33.6 Å². The van der Waals surface area contributed by atoms with Crippen molar-refractivity contribution in [3.63, 3.8) is 0 Å². The zero-order chi connectivity index (χ0) is 13.6. The van der Waals surface area contributed by atoms with E-state index in [9.17, 15) is 13.2 Å². The lowest BCUT2D eigenvalue weighted by atomic mass is 10.2. The first kappa shape index (κ1) is 15.9. The number of carboxylic acids is 1. The number of nitriles is 1. The van der Waals surface area contributed by atoms with Crippen LogP contribution in [0.3, 0.4) is 0 Å². The highest BCUT2D eigenvalue weighted by Crippen LogP contribution is 2.16. The van der Waals surface area contributed by atoms with Gasteiger partial charge in [0.05, 0.1) is 12.5 Å². The molecular weight excluding hydrogens is 244 g/mol. The maximum atomic E-state index is 12.1. The summed E-state index contributed by atoms with van der Waals surface area (Å²) in [5.41, 5.74) is 0. The fraction of sp³-hybridized carbons (Fsp3) is 0.800. The van der Waals surface area contributed by atoms with Crippen molar-refractivity contribution in [3.05, 3.63) is 0 Å². The molecule has 1 N–H and O–H groups in total. The minimum atomic E-state index is -3.75. The summed E-state index contributed by atoms with van der Waals surface area (Å²) < 4.78 is 25.2. The summed E-state index contributed by atoms with van der Waals surface area (Å²) in [6, 6.07) is 1.09. The molecule has 17 heavy (non-hydrogen) atoms. The molecule has 0 saturated heterocycles. The van der Waals surface area contributed by atoms with Crippen molar-refractivity contribution in [2.75, 3.05) is 6.54 Å². The Bertz CT molecular complexity index is 399. The molecule has 0 bridgehead atoms. The summed E-state index contributed by atoms with van der Waals surface area (Å²) in [5.74, 6) is -1.06. The first-order chi connectivity index (χ1) is 7.81. The number of hydrogen-bond donors (Lipinski definition) is 1. The predicted molar refractivity (Wildman–Crippen MR) is 62.7 cm³/mol. The van der Waals surface area contributed by atoms with Gasteiger partial charge >= 0.3 is 5.97 Å². The summed E-state index contributed by atoms with van der Waals surface area (Å²) in [6.45, 7) is 4.93. The Morgan fingerprint density at radius 2 is 2.00 bits per heavy atom. The van der Waals surface area contributed by atoms with Crippen molar-refractivity contribution in [2.45, 2.75) is 44.9 Å². The van der Waals surface area contributed by atoms with E-state index in [1.807, 2.05) is 0 Å². The van der Waals surface area contributed by atoms with Gasteiger partial charge in [-0.05, 0) is 13.3 Å². The highest BCUT2D eigenvalue weighted by Gasteiger charge is 2.33. The molecular formula is C10H18N2O4S. The summed E-state index contributed by atoms with van der Waals surface area (Å²) in [4.78, 5) is 10.6. The molecule has 0 rings (SSSR count). The third-order valence-electron chi connectivity index (χ3n) is 2.47. The van der Waals surface area contributed by atoms with Crippen LogP contribution in [0.15, 0.2) is 0 Å². The van der Waals surface area contributed by atoms with Gasteiger partial charge in [-0.2, -0.15) is 9.57 Å². The van der Waals surface area contributed by atoms with Crippen molar-refractivity contribution in [3.8, 4) is 6.07 Å². The van der Waals surface area contributed by atoms with Gasteiger partial charge in [-0.3, -0.25) is 4.79 Å². The molecule has 0 heterocycles. The molecule has 0 amide bonds. The molecule has 98 valence electrons. The predicted octanol–water partition coefficient (Wildman–Crippen LogP) is 0.803. The molecule has 0 aliphatic rings. The normalized spacial score (nSPS) is 15.2. The van der Waals surface area contributed by atoms with Crippen molar-refractivity contribution >= 4 is 16.0 Å². The van der Waals surface area contributed by atoms with Crippen molar-refractivity contribution < 1.29 is 18.3 Å². The molecule has 0 aromatic carbocycles. The second-order valence-electron chi connectivity index (χ2n) is 3.72. The molecule has 0 saturated carbocycles. The molecule has 0 aliphatic heterocycles. The number of carboxylic acid groups (broad SMARTS) is 1. The Kier molecular flexibility index (Phi) is 6.13. The zero-order valence-corrected chi connectivity index (χ0v) is 11.1. The smallest absolute Gasteiger partial charge is 0.304 e. The van der Waals surface area contributed by atoms with Gasteiger partial charge in [0, 0.05) is 12.6 Å². The third kappa shape index (κ3) is 3.98. The van der Waals surface area contributed by atoms with Gasteiger partial charge in [-0.25, -0.2) is 8.42 Å². The maximum Gasteiger partial charge on any atom is 0.304 e. The van der Waals surface area contributed by atoms with Gasteiger partial charge in [-0.15, -0.1) is 0 Å². The maximum absolute atomic E-state index is 12.1. The minimum absolute atomic E-state index is 0.162. The van der Waals surface area contributed by atoms with Crippen LogP contribution in [-0.4, -0.2) is 41.6 Å². The number of aliphatic carboxylic acids is 1. The molecule has 2 unspecified atom stereocenters. The van der Waals surface area contributed by atoms with Crippen LogP contribution in [0.25, 0.3) is 0 Å². The standard InChI is InChI=1S/C10H18N2O4S/c1-4-9(7-11)17(15,16)12(5-2)8(3)6-10(13)14/h8-9H,4-6H2,1-3H3,(H,13,14). The Morgan fingerprint density at radius 3 is 2.29 bits per heavy atom. The first-order valence-corrected chi connectivity index (χ1v) is 6.93. The van der Waals surface area contributed by atoms with Gasteiger partial charge in [0.25, 0.3) is 0 Å². The minimum Gasteiger partial charge on any atom is -0.481 e. The summed E-state index contributed by atoms with van der Waals surface area (Å²) in [7, 11) is -3.75. The lowest BCUT2D eigenvalue weighted by Gasteiger charge is -2.27. The van der Waals surface area contributed by atoms with Gasteiger partial charge in [0.2, 0.25) is 10.0 Å². The Morgan fingerprint density at radius 1 is 1.47 bits per heavy atom. The van der Waals surface area contributed by atoms with E-state index in [0.29, 0.717) is 0 Å². The van der Waals surface area contributed by atoms with Crippen LogP contribution in [0.4, 0.5) is 0 Å². The average Bonchev–Trinajstić information content (AvgIpc) is 2.17. The summed E-state index contributed by atoms with van der Waals surface area (Å²) in [6.07, 6.45) is -0.0793. The van der Waals surface area contributed by atoms with E-state index in [4.69, 9.17) is 10.4 Å². The van der Waals surface area contributed by atoms with Crippen LogP contribution >= 0.6 is 0 Å². The fourth-order valence-electron chi connectivity index (χ4n) is 1.63. The van der Waals surface area contributed by atoms with Crippen molar-refractivity contribution in [1.29, 1.82) is 5.26 Å². The number of hydrogen-bond acceptors (Lipinski definition) is 4. The van der Waals surface area contributed by atoms with E-state index in [1.54, 1.807) is 19.9 Å². The first-order valence-electron chi connectivity index (χ1n) is 5.43. The lowest BCUT2D eigenvalue weighted by Crippen LogP contribution is -2.44. The largest absolute Gasteiger partial charge is 0.481 e. The van der Waals surface area contributed by atoms with E-state index in [0.717, 1.165) is 4.31 Å². The van der Waals surface area contributed by atoms with Crippen LogP contribution in [0.5, 0.6) is 0 Å². The second kappa shape index (κ2) is 6.57. The van der Waals surface area contributed by atoms with Crippen LogP contribution < -0.4 is 0 Å². The molecule has 0 spiro atoms. The molecule has 0 aromatic rings. The number of rotatable bonds is 7. The molecule has 6 nitrogen and oxygen atoms in total. The Labute approximate surface area is 102 Å². The Balaban J connectivity index is 5.12. The van der Waals surface area contributed by atoms with E-state index >= 15 is 0 Å². The molecule has 0 radical (unpaired) electrons. The number of carbonyl (C=O) groups is 1. The van der Waals surface area contributed by atoms with Gasteiger partial charge in [0.15, 0.2) is 5.25 Å². The molecule has 0 aromatic heterocycles. The molecule has 7 heteroatoms. The second-order valence-corrected chi connectivity index (χ2v) is 5.79. The van der Waals surface area contributed by atoms with Gasteiger partial charge in [-0.1, -0.05) is 13.8 Å². The topological polar surface area (TPSA) is 98.5 Å². The van der Waals surface area contributed by atoms with E-state index in [2.05, 4.69) is 0 Å². The van der Waals surface area contributed by atoms with Crippen LogP contribution in [-0.2, 0) is 14.8 Å². The van der Waals surface area contributed by atoms with E-state index in [1.165, 1.54) is 6.92 Å². The van der Waals surface area contributed by atoms with Crippen LogP contribution in [0, 0.1) is 11.3 Å². The number of sulfonamides is 1. The summed E-state index contributed by atoms with van der Waals surface area (Å²) >= 11 is 0. The van der Waals surface area contributed by atoms with Crippen molar-refractivity contribution in [1.82, 2.24) is 4.31 Å². The average molecular weight is 262 g/mol. The zero-order valence-electron chi connectivity index (χ0n) is 10.3. The number of nitrogens with zero attached hydrogens (tertiary/aromatic N) is 2. The van der Waals surface area contributed by atoms with E-state index in [-0.39, 0.29) is 19.4 Å². The van der Waals surface area contributed by atoms with Gasteiger partial charge in [0.1, 0.15) is 0 Å². The SMILES string of the molecule is CCC(C#N)S(=O)(=O)N(CC)C(C)CC(=O)O. The summed E-state index contributed by atoms with van der Waals surface area (Å²) in [5, 5.41) is 16.3. The van der Waals surface area contributed by atoms with Crippen LogP contribution in [0.2, 0.25) is 0 Å². The molecule has 2 atom stereocenters. The highest BCUT2D eigenvalue weighted by molar-refractivity contribution is 7.90. The highest BCUT2D eigenvalue weighted by atomic mass is 32.2. The molecule has 0 fully saturated rings. The van der Waals surface area contributed by atoms with E-state index < -0.39 is 27.3 Å². The lowest BCUT2D eigenvalue weighted by molar-refractivity contribution is -0.137. The monoisotopic (exact) mass is 262 g/mol. The van der Waals surface area contributed by atoms with Gasteiger partial charge < -0.3 is 5.11 Å². The third-order valence-corrected chi connectivity index (χ3v) is 4.90. The quantitative estimate of drug-likeness (QED) is 0.731. The fourth-order valence-corrected chi connectivity index (χ4v) is 3.45. The molecule has 0 aliphatic carbocycles. The Hall–Kier alpha value is -1.13. The van der Waals surface area contributed by atoms with Crippen molar-refractivity contribution in [2.24, 2.45) is 0 Å².